The molecule has 0 aliphatic carbocycles. The van der Waals surface area contributed by atoms with Crippen molar-refractivity contribution in [2.45, 2.75) is 38.9 Å². The Hall–Kier alpha value is -0.820. The Morgan fingerprint density at radius 3 is 3.08 bits per heavy atom. The topological polar surface area (TPSA) is 9.23 Å². The maximum atomic E-state index is 5.70. The molecule has 0 radical (unpaired) electrons. The fraction of sp³-hybridized carbons (Fsp3) is 0.500. The normalized spacial score (nSPS) is 28.2. The zero-order valence-electron chi connectivity index (χ0n) is 8.49. The highest BCUT2D eigenvalue weighted by atomic mass is 16.5. The van der Waals surface area contributed by atoms with E-state index in [9.17, 15) is 0 Å². The van der Waals surface area contributed by atoms with Crippen molar-refractivity contribution in [3.63, 3.8) is 0 Å². The van der Waals surface area contributed by atoms with E-state index in [2.05, 4.69) is 31.7 Å². The quantitative estimate of drug-likeness (QED) is 0.476. The lowest BCUT2D eigenvalue weighted by molar-refractivity contribution is 0.0179. The molecule has 0 aromatic heterocycles. The zero-order valence-corrected chi connectivity index (χ0v) is 8.49. The molecule has 1 heterocycles. The van der Waals surface area contributed by atoms with Gasteiger partial charge in [-0.2, -0.15) is 0 Å². The van der Waals surface area contributed by atoms with Crippen LogP contribution in [0.2, 0.25) is 0 Å². The molecule has 0 bridgehead atoms. The van der Waals surface area contributed by atoms with E-state index in [1.807, 2.05) is 13.0 Å². The summed E-state index contributed by atoms with van der Waals surface area (Å²) < 4.78 is 5.70. The summed E-state index contributed by atoms with van der Waals surface area (Å²) in [4.78, 5) is 0. The maximum Gasteiger partial charge on any atom is 0.0731 e. The van der Waals surface area contributed by atoms with E-state index < -0.39 is 0 Å². The van der Waals surface area contributed by atoms with Crippen LogP contribution in [0.25, 0.3) is 0 Å². The Morgan fingerprint density at radius 2 is 2.46 bits per heavy atom. The van der Waals surface area contributed by atoms with Crippen LogP contribution in [0.15, 0.2) is 36.5 Å². The fourth-order valence-corrected chi connectivity index (χ4v) is 1.40. The van der Waals surface area contributed by atoms with Gasteiger partial charge >= 0.3 is 0 Å². The highest BCUT2D eigenvalue weighted by Gasteiger charge is 2.12. The molecule has 0 spiro atoms. The minimum atomic E-state index is 0.275. The van der Waals surface area contributed by atoms with Crippen LogP contribution in [0.1, 0.15) is 26.7 Å². The SMILES string of the molecule is C=C(C)/C=C/CC1CC=CC(C)O1. The van der Waals surface area contributed by atoms with E-state index in [1.165, 1.54) is 0 Å². The van der Waals surface area contributed by atoms with E-state index in [1.54, 1.807) is 0 Å². The van der Waals surface area contributed by atoms with Crippen LogP contribution in [-0.4, -0.2) is 12.2 Å². The molecule has 0 fully saturated rings. The molecule has 1 aliphatic rings. The second-order valence-electron chi connectivity index (χ2n) is 3.61. The molecule has 1 heteroatoms. The summed E-state index contributed by atoms with van der Waals surface area (Å²) in [5.74, 6) is 0. The summed E-state index contributed by atoms with van der Waals surface area (Å²) in [5, 5.41) is 0. The fourth-order valence-electron chi connectivity index (χ4n) is 1.40. The van der Waals surface area contributed by atoms with E-state index in [0.29, 0.717) is 6.10 Å². The third-order valence-electron chi connectivity index (χ3n) is 2.01. The average molecular weight is 178 g/mol. The summed E-state index contributed by atoms with van der Waals surface area (Å²) in [6.07, 6.45) is 11.1. The van der Waals surface area contributed by atoms with Crippen LogP contribution in [0.5, 0.6) is 0 Å². The van der Waals surface area contributed by atoms with Crippen molar-refractivity contribution in [2.75, 3.05) is 0 Å². The molecule has 13 heavy (non-hydrogen) atoms. The molecule has 0 aromatic rings. The second kappa shape index (κ2) is 5.03. The third-order valence-corrected chi connectivity index (χ3v) is 2.01. The minimum Gasteiger partial charge on any atom is -0.371 e. The van der Waals surface area contributed by atoms with Gasteiger partial charge in [-0.15, -0.1) is 0 Å². The van der Waals surface area contributed by atoms with Crippen molar-refractivity contribution in [1.82, 2.24) is 0 Å². The minimum absolute atomic E-state index is 0.275. The second-order valence-corrected chi connectivity index (χ2v) is 3.61. The van der Waals surface area contributed by atoms with Gasteiger partial charge in [0, 0.05) is 0 Å². The van der Waals surface area contributed by atoms with Crippen molar-refractivity contribution in [3.05, 3.63) is 36.5 Å². The Bertz CT molecular complexity index is 225. The summed E-state index contributed by atoms with van der Waals surface area (Å²) in [5.41, 5.74) is 1.10. The average Bonchev–Trinajstić information content (AvgIpc) is 2.03. The number of hydrogen-bond acceptors (Lipinski definition) is 1. The molecule has 72 valence electrons. The van der Waals surface area contributed by atoms with Crippen LogP contribution >= 0.6 is 0 Å². The lowest BCUT2D eigenvalue weighted by atomic mass is 10.1. The number of ether oxygens (including phenoxy) is 1. The Balaban J connectivity index is 2.30. The van der Waals surface area contributed by atoms with Gasteiger partial charge in [0.05, 0.1) is 12.2 Å². The molecular formula is C12H18O. The van der Waals surface area contributed by atoms with E-state index in [4.69, 9.17) is 4.74 Å². The first-order chi connectivity index (χ1) is 6.18. The zero-order chi connectivity index (χ0) is 9.68. The number of hydrogen-bond donors (Lipinski definition) is 0. The molecule has 0 aromatic carbocycles. The molecule has 1 nitrogen and oxygen atoms in total. The predicted molar refractivity (Wildman–Crippen MR) is 56.7 cm³/mol. The highest BCUT2D eigenvalue weighted by molar-refractivity contribution is 5.11. The van der Waals surface area contributed by atoms with Crippen molar-refractivity contribution in [3.8, 4) is 0 Å². The molecule has 0 amide bonds. The van der Waals surface area contributed by atoms with Crippen LogP contribution in [0, 0.1) is 0 Å². The summed E-state index contributed by atoms with van der Waals surface area (Å²) in [6, 6.07) is 0. The van der Waals surface area contributed by atoms with Gasteiger partial charge in [0.1, 0.15) is 0 Å². The van der Waals surface area contributed by atoms with Crippen molar-refractivity contribution < 1.29 is 4.74 Å². The van der Waals surface area contributed by atoms with Gasteiger partial charge in [-0.3, -0.25) is 0 Å². The van der Waals surface area contributed by atoms with E-state index in [-0.39, 0.29) is 6.10 Å². The lowest BCUT2D eigenvalue weighted by Crippen LogP contribution is -2.20. The van der Waals surface area contributed by atoms with Gasteiger partial charge in [-0.1, -0.05) is 36.5 Å². The first-order valence-electron chi connectivity index (χ1n) is 4.82. The third kappa shape index (κ3) is 4.09. The summed E-state index contributed by atoms with van der Waals surface area (Å²) >= 11 is 0. The monoisotopic (exact) mass is 178 g/mol. The number of allylic oxidation sites excluding steroid dienone is 2. The van der Waals surface area contributed by atoms with Gasteiger partial charge in [-0.25, -0.2) is 0 Å². The molecular weight excluding hydrogens is 160 g/mol. The Labute approximate surface area is 80.8 Å². The van der Waals surface area contributed by atoms with Crippen molar-refractivity contribution in [1.29, 1.82) is 0 Å². The van der Waals surface area contributed by atoms with Crippen molar-refractivity contribution in [2.24, 2.45) is 0 Å². The maximum absolute atomic E-state index is 5.70. The summed E-state index contributed by atoms with van der Waals surface area (Å²) in [7, 11) is 0. The van der Waals surface area contributed by atoms with Crippen LogP contribution in [0.3, 0.4) is 0 Å². The van der Waals surface area contributed by atoms with Gasteiger partial charge < -0.3 is 4.74 Å². The van der Waals surface area contributed by atoms with Crippen molar-refractivity contribution >= 4 is 0 Å². The molecule has 1 rings (SSSR count). The van der Waals surface area contributed by atoms with Crippen LogP contribution in [-0.2, 0) is 4.74 Å². The molecule has 0 saturated heterocycles. The first kappa shape index (κ1) is 10.3. The molecule has 0 N–H and O–H groups in total. The smallest absolute Gasteiger partial charge is 0.0731 e. The summed E-state index contributed by atoms with van der Waals surface area (Å²) in [6.45, 7) is 7.89. The molecule has 2 unspecified atom stereocenters. The van der Waals surface area contributed by atoms with Crippen LogP contribution < -0.4 is 0 Å². The van der Waals surface area contributed by atoms with E-state index in [0.717, 1.165) is 18.4 Å². The highest BCUT2D eigenvalue weighted by Crippen LogP contribution is 2.15. The largest absolute Gasteiger partial charge is 0.371 e. The van der Waals surface area contributed by atoms with Gasteiger partial charge in [0.15, 0.2) is 0 Å². The van der Waals surface area contributed by atoms with Gasteiger partial charge in [0.2, 0.25) is 0 Å². The first-order valence-corrected chi connectivity index (χ1v) is 4.82. The van der Waals surface area contributed by atoms with Gasteiger partial charge in [0.25, 0.3) is 0 Å². The lowest BCUT2D eigenvalue weighted by Gasteiger charge is -2.22. The standard InChI is InChI=1S/C12H18O/c1-10(2)6-4-8-12-9-5-7-11(3)13-12/h4-7,11-12H,1,8-9H2,2-3H3/b6-4+. The van der Waals surface area contributed by atoms with Gasteiger partial charge in [-0.05, 0) is 26.7 Å². The number of rotatable bonds is 3. The molecule has 0 saturated carbocycles. The van der Waals surface area contributed by atoms with Crippen LogP contribution in [0.4, 0.5) is 0 Å². The Kier molecular flexibility index (Phi) is 3.97. The van der Waals surface area contributed by atoms with E-state index >= 15 is 0 Å². The molecule has 2 atom stereocenters. The molecule has 1 aliphatic heterocycles. The predicted octanol–water partition coefficient (Wildman–Crippen LogP) is 3.24. The Morgan fingerprint density at radius 1 is 1.69 bits per heavy atom.